The topological polar surface area (TPSA) is 150 Å². The minimum Gasteiger partial charge on any atom is -0.477 e. The second-order valence-corrected chi connectivity index (χ2v) is 8.68. The van der Waals surface area contributed by atoms with Crippen LogP contribution in [0, 0.1) is 0 Å². The molecule has 1 aromatic heterocycles. The molecule has 13 heteroatoms. The molecule has 1 aromatic rings. The predicted molar refractivity (Wildman–Crippen MR) is 110 cm³/mol. The van der Waals surface area contributed by atoms with E-state index in [0.29, 0.717) is 12.8 Å². The van der Waals surface area contributed by atoms with Gasteiger partial charge in [0.15, 0.2) is 10.8 Å². The maximum absolute atomic E-state index is 12.9. The number of carboxylic acid groups (broad SMARTS) is 1. The van der Waals surface area contributed by atoms with Gasteiger partial charge < -0.3 is 20.6 Å². The molecule has 0 spiro atoms. The zero-order valence-electron chi connectivity index (χ0n) is 16.0. The lowest BCUT2D eigenvalue weighted by Crippen LogP contribution is -2.71. The first kappa shape index (κ1) is 21.8. The van der Waals surface area contributed by atoms with Gasteiger partial charge in [0.2, 0.25) is 6.41 Å². The van der Waals surface area contributed by atoms with Crippen molar-refractivity contribution in [3.05, 3.63) is 22.8 Å². The van der Waals surface area contributed by atoms with Crippen molar-refractivity contribution in [2.45, 2.75) is 36.9 Å². The molecule has 0 saturated carbocycles. The number of nitrogens with one attached hydrogen (secondary N) is 2. The van der Waals surface area contributed by atoms with Crippen LogP contribution in [0.5, 0.6) is 0 Å². The van der Waals surface area contributed by atoms with Crippen molar-refractivity contribution in [1.82, 2.24) is 15.2 Å². The van der Waals surface area contributed by atoms with Crippen LogP contribution in [0.3, 0.4) is 0 Å². The number of carboxylic acids is 1. The molecular weight excluding hydrogens is 434 g/mol. The number of rotatable bonds is 9. The SMILES string of the molecule is CCCON=C(C(=O)NC1C(=O)N2C(C(=O)O)=CC(C)S[C@H]12)c1csc(NC=O)n1. The Kier molecular flexibility index (Phi) is 6.72. The first-order chi connectivity index (χ1) is 14.4. The fourth-order valence-corrected chi connectivity index (χ4v) is 4.83. The minimum atomic E-state index is -1.20. The van der Waals surface area contributed by atoms with Gasteiger partial charge in [0, 0.05) is 10.6 Å². The first-order valence-electron chi connectivity index (χ1n) is 8.97. The minimum absolute atomic E-state index is 0.0917. The van der Waals surface area contributed by atoms with Gasteiger partial charge in [-0.25, -0.2) is 9.78 Å². The van der Waals surface area contributed by atoms with Crippen molar-refractivity contribution < 1.29 is 29.1 Å². The highest BCUT2D eigenvalue weighted by Gasteiger charge is 2.54. The third-order valence-electron chi connectivity index (χ3n) is 4.15. The van der Waals surface area contributed by atoms with E-state index in [0.717, 1.165) is 16.2 Å². The molecule has 3 N–H and O–H groups in total. The number of amides is 3. The Hall–Kier alpha value is -2.93. The van der Waals surface area contributed by atoms with Gasteiger partial charge in [-0.05, 0) is 19.4 Å². The molecule has 1 saturated heterocycles. The number of anilines is 1. The van der Waals surface area contributed by atoms with Crippen LogP contribution in [-0.2, 0) is 24.0 Å². The van der Waals surface area contributed by atoms with E-state index in [1.807, 2.05) is 13.8 Å². The van der Waals surface area contributed by atoms with E-state index in [-0.39, 0.29) is 34.1 Å². The number of hydrogen-bond donors (Lipinski definition) is 3. The highest BCUT2D eigenvalue weighted by atomic mass is 32.2. The quantitative estimate of drug-likeness (QED) is 0.162. The van der Waals surface area contributed by atoms with E-state index >= 15 is 0 Å². The van der Waals surface area contributed by atoms with Gasteiger partial charge in [-0.3, -0.25) is 19.3 Å². The average Bonchev–Trinajstić information content (AvgIpc) is 3.17. The number of β-lactam (4-membered cyclic amide) rings is 1. The maximum Gasteiger partial charge on any atom is 0.352 e. The lowest BCUT2D eigenvalue weighted by Gasteiger charge is -2.49. The molecule has 30 heavy (non-hydrogen) atoms. The van der Waals surface area contributed by atoms with Gasteiger partial charge in [0.25, 0.3) is 11.8 Å². The molecule has 2 aliphatic rings. The van der Waals surface area contributed by atoms with Gasteiger partial charge in [-0.15, -0.1) is 23.1 Å². The standard InChI is InChI=1S/C17H19N5O6S2/c1-3-4-28-21-11(9-6-29-17(19-9)18-7-23)13(24)20-12-14(25)22-10(16(26)27)5-8(2)30-15(12)22/h5-8,12,15H,3-4H2,1-2H3,(H,20,24)(H,26,27)(H,18,19,23)/t8?,12?,15-/m1/s1. The van der Waals surface area contributed by atoms with Crippen molar-refractivity contribution in [3.63, 3.8) is 0 Å². The van der Waals surface area contributed by atoms with Gasteiger partial charge in [0.05, 0.1) is 0 Å². The number of thiazole rings is 1. The number of fused-ring (bicyclic) bond motifs is 1. The van der Waals surface area contributed by atoms with Crippen molar-refractivity contribution in [2.75, 3.05) is 11.9 Å². The number of nitrogens with zero attached hydrogens (tertiary/aromatic N) is 3. The molecule has 3 heterocycles. The number of aromatic nitrogens is 1. The Morgan fingerprint density at radius 2 is 2.23 bits per heavy atom. The van der Waals surface area contributed by atoms with E-state index in [1.165, 1.54) is 23.2 Å². The summed E-state index contributed by atoms with van der Waals surface area (Å²) in [7, 11) is 0. The van der Waals surface area contributed by atoms with Crippen molar-refractivity contribution >= 4 is 58.1 Å². The molecule has 3 amide bonds. The van der Waals surface area contributed by atoms with E-state index in [2.05, 4.69) is 20.8 Å². The predicted octanol–water partition coefficient (Wildman–Crippen LogP) is 0.599. The van der Waals surface area contributed by atoms with Crippen LogP contribution in [0.15, 0.2) is 22.3 Å². The Balaban J connectivity index is 1.78. The Morgan fingerprint density at radius 1 is 1.47 bits per heavy atom. The van der Waals surface area contributed by atoms with Crippen molar-refractivity contribution in [3.8, 4) is 0 Å². The summed E-state index contributed by atoms with van der Waals surface area (Å²) in [5.74, 6) is -2.40. The summed E-state index contributed by atoms with van der Waals surface area (Å²) in [6.07, 6.45) is 2.63. The molecule has 3 atom stereocenters. The Labute approximate surface area is 179 Å². The molecule has 2 unspecified atom stereocenters. The molecule has 0 bridgehead atoms. The van der Waals surface area contributed by atoms with Crippen LogP contribution in [0.1, 0.15) is 26.0 Å². The number of hydrogen-bond acceptors (Lipinski definition) is 9. The molecule has 3 rings (SSSR count). The average molecular weight is 454 g/mol. The summed E-state index contributed by atoms with van der Waals surface area (Å²) in [5, 5.41) is 19.3. The highest BCUT2D eigenvalue weighted by molar-refractivity contribution is 8.00. The van der Waals surface area contributed by atoms with Crippen LogP contribution >= 0.6 is 23.1 Å². The maximum atomic E-state index is 12.9. The van der Waals surface area contributed by atoms with Crippen molar-refractivity contribution in [2.24, 2.45) is 5.16 Å². The second kappa shape index (κ2) is 9.26. The molecular formula is C17H19N5O6S2. The van der Waals surface area contributed by atoms with Gasteiger partial charge in [-0.2, -0.15) is 0 Å². The number of aliphatic carboxylic acids is 1. The molecule has 2 aliphatic heterocycles. The number of carbonyl (C=O) groups is 4. The summed E-state index contributed by atoms with van der Waals surface area (Å²) in [6.45, 7) is 3.97. The summed E-state index contributed by atoms with van der Waals surface area (Å²) < 4.78 is 0. The van der Waals surface area contributed by atoms with Crippen LogP contribution in [0.2, 0.25) is 0 Å². The fourth-order valence-electron chi connectivity index (χ4n) is 2.84. The lowest BCUT2D eigenvalue weighted by molar-refractivity contribution is -0.150. The molecule has 0 aliphatic carbocycles. The molecule has 160 valence electrons. The van der Waals surface area contributed by atoms with Crippen molar-refractivity contribution in [1.29, 1.82) is 0 Å². The summed E-state index contributed by atoms with van der Waals surface area (Å²) in [5.41, 5.74) is -0.0591. The van der Waals surface area contributed by atoms with Gasteiger partial charge in [-0.1, -0.05) is 12.1 Å². The van der Waals surface area contributed by atoms with Gasteiger partial charge >= 0.3 is 5.97 Å². The largest absolute Gasteiger partial charge is 0.477 e. The van der Waals surface area contributed by atoms with Gasteiger partial charge in [0.1, 0.15) is 29.4 Å². The zero-order chi connectivity index (χ0) is 21.8. The summed E-state index contributed by atoms with van der Waals surface area (Å²) in [4.78, 5) is 57.8. The third-order valence-corrected chi connectivity index (χ3v) is 6.25. The van der Waals surface area contributed by atoms with Crippen LogP contribution in [0.25, 0.3) is 0 Å². The van der Waals surface area contributed by atoms with E-state index in [1.54, 1.807) is 0 Å². The lowest BCUT2D eigenvalue weighted by atomic mass is 10.0. The zero-order valence-corrected chi connectivity index (χ0v) is 17.7. The number of oxime groups is 1. The van der Waals surface area contributed by atoms with E-state index in [9.17, 15) is 24.3 Å². The van der Waals surface area contributed by atoms with E-state index in [4.69, 9.17) is 4.84 Å². The summed E-state index contributed by atoms with van der Waals surface area (Å²) in [6, 6.07) is -0.907. The fraction of sp³-hybridized carbons (Fsp3) is 0.412. The highest BCUT2D eigenvalue weighted by Crippen LogP contribution is 2.40. The Bertz CT molecular complexity index is 929. The van der Waals surface area contributed by atoms with Crippen LogP contribution in [0.4, 0.5) is 5.13 Å². The summed E-state index contributed by atoms with van der Waals surface area (Å²) >= 11 is 2.47. The first-order valence-corrected chi connectivity index (χ1v) is 10.8. The van der Waals surface area contributed by atoms with Crippen LogP contribution < -0.4 is 10.6 Å². The monoisotopic (exact) mass is 453 g/mol. The van der Waals surface area contributed by atoms with E-state index < -0.39 is 29.2 Å². The second-order valence-electron chi connectivity index (χ2n) is 6.32. The normalized spacial score (nSPS) is 23.1. The Morgan fingerprint density at radius 3 is 2.90 bits per heavy atom. The molecule has 0 radical (unpaired) electrons. The number of carbonyl (C=O) groups excluding carboxylic acids is 3. The smallest absolute Gasteiger partial charge is 0.352 e. The van der Waals surface area contributed by atoms with Crippen LogP contribution in [-0.4, -0.2) is 68.2 Å². The molecule has 0 aromatic carbocycles. The molecule has 11 nitrogen and oxygen atoms in total. The number of thioether (sulfide) groups is 1. The molecule has 1 fully saturated rings. The third kappa shape index (κ3) is 4.31.